The van der Waals surface area contributed by atoms with Crippen molar-refractivity contribution in [3.05, 3.63) is 59.7 Å². The number of hydrogen-bond donors (Lipinski definition) is 0. The first-order valence-electron chi connectivity index (χ1n) is 9.40. The van der Waals surface area contributed by atoms with E-state index >= 15 is 0 Å². The number of rotatable bonds is 8. The quantitative estimate of drug-likeness (QED) is 0.684. The minimum atomic E-state index is -1.16. The first-order valence-corrected chi connectivity index (χ1v) is 9.40. The summed E-state index contributed by atoms with van der Waals surface area (Å²) in [5.41, 5.74) is 2.53. The first-order chi connectivity index (χ1) is 14.0. The summed E-state index contributed by atoms with van der Waals surface area (Å²) < 4.78 is 10.7. The molecule has 1 heterocycles. The summed E-state index contributed by atoms with van der Waals surface area (Å²) in [5, 5.41) is 16.7. The number of carboxylic acid groups (broad SMARTS) is 1. The molecular formula is C22H23N2O5-. The van der Waals surface area contributed by atoms with Crippen LogP contribution in [0.5, 0.6) is 11.5 Å². The maximum absolute atomic E-state index is 12.8. The predicted molar refractivity (Wildman–Crippen MR) is 106 cm³/mol. The zero-order chi connectivity index (χ0) is 20.8. The zero-order valence-corrected chi connectivity index (χ0v) is 16.5. The molecule has 0 saturated carbocycles. The maximum atomic E-state index is 12.8. The number of amides is 1. The third-order valence-corrected chi connectivity index (χ3v) is 4.86. The van der Waals surface area contributed by atoms with Crippen molar-refractivity contribution < 1.29 is 24.2 Å². The lowest BCUT2D eigenvalue weighted by Crippen LogP contribution is -2.28. The minimum absolute atomic E-state index is 0.0824. The van der Waals surface area contributed by atoms with Crippen LogP contribution in [0.2, 0.25) is 0 Å². The number of aliphatic carboxylic acids is 1. The van der Waals surface area contributed by atoms with Crippen LogP contribution in [-0.4, -0.2) is 36.8 Å². The van der Waals surface area contributed by atoms with Gasteiger partial charge in [-0.3, -0.25) is 4.79 Å². The van der Waals surface area contributed by atoms with E-state index in [-0.39, 0.29) is 31.2 Å². The van der Waals surface area contributed by atoms with Gasteiger partial charge in [-0.05, 0) is 48.7 Å². The largest absolute Gasteiger partial charge is 0.550 e. The Morgan fingerprint density at radius 1 is 1.07 bits per heavy atom. The fourth-order valence-electron chi connectivity index (χ4n) is 3.38. The van der Waals surface area contributed by atoms with Gasteiger partial charge >= 0.3 is 0 Å². The summed E-state index contributed by atoms with van der Waals surface area (Å²) in [6, 6.07) is 14.7. The van der Waals surface area contributed by atoms with Crippen LogP contribution in [0.25, 0.3) is 0 Å². The second-order valence-electron chi connectivity index (χ2n) is 6.70. The van der Waals surface area contributed by atoms with Gasteiger partial charge in [0.05, 0.1) is 26.0 Å². The number of carbonyl (C=O) groups excluding carboxylic acids is 2. The van der Waals surface area contributed by atoms with Crippen molar-refractivity contribution in [3.8, 4) is 11.5 Å². The molecule has 7 heteroatoms. The number of ether oxygens (including phenoxy) is 2. The van der Waals surface area contributed by atoms with Crippen LogP contribution >= 0.6 is 0 Å². The molecule has 152 valence electrons. The molecule has 2 aromatic carbocycles. The number of hydrazone groups is 1. The monoisotopic (exact) mass is 395 g/mol. The molecule has 0 N–H and O–H groups in total. The van der Waals surface area contributed by atoms with Crippen molar-refractivity contribution in [2.24, 2.45) is 5.10 Å². The fourth-order valence-corrected chi connectivity index (χ4v) is 3.38. The number of carbonyl (C=O) groups is 2. The molecule has 1 atom stereocenters. The third-order valence-electron chi connectivity index (χ3n) is 4.86. The molecule has 0 bridgehead atoms. The van der Waals surface area contributed by atoms with Crippen molar-refractivity contribution in [2.45, 2.75) is 31.7 Å². The maximum Gasteiger partial charge on any atom is 0.243 e. The number of carboxylic acids is 1. The lowest BCUT2D eigenvalue weighted by molar-refractivity contribution is -0.305. The van der Waals surface area contributed by atoms with Crippen LogP contribution in [0.15, 0.2) is 53.6 Å². The molecule has 0 saturated heterocycles. The first kappa shape index (κ1) is 20.4. The van der Waals surface area contributed by atoms with E-state index in [0.29, 0.717) is 12.2 Å². The van der Waals surface area contributed by atoms with Crippen molar-refractivity contribution in [2.75, 3.05) is 14.2 Å². The average Bonchev–Trinajstić information content (AvgIpc) is 3.18. The summed E-state index contributed by atoms with van der Waals surface area (Å²) in [6.45, 7) is 0. The smallest absolute Gasteiger partial charge is 0.243 e. The normalized spacial score (nSPS) is 15.7. The Morgan fingerprint density at radius 2 is 1.79 bits per heavy atom. The van der Waals surface area contributed by atoms with Crippen LogP contribution in [0, 0.1) is 0 Å². The highest BCUT2D eigenvalue weighted by Gasteiger charge is 2.34. The molecule has 0 aliphatic carbocycles. The molecular weight excluding hydrogens is 372 g/mol. The van der Waals surface area contributed by atoms with E-state index in [1.54, 1.807) is 14.2 Å². The fraction of sp³-hybridized carbons (Fsp3) is 0.318. The highest BCUT2D eigenvalue weighted by atomic mass is 16.5. The predicted octanol–water partition coefficient (Wildman–Crippen LogP) is 2.30. The summed E-state index contributed by atoms with van der Waals surface area (Å²) in [4.78, 5) is 23.5. The zero-order valence-electron chi connectivity index (χ0n) is 16.5. The van der Waals surface area contributed by atoms with Crippen LogP contribution in [0.4, 0.5) is 0 Å². The molecule has 1 aliphatic rings. The standard InChI is InChI=1S/C22H24N2O5/c1-28-16-12-10-15(11-13-16)18-14-19(17-6-3-4-7-20(17)29-2)24(23-18)21(25)8-5-9-22(26)27/h3-4,6-7,10-13,19H,5,8-9,14H2,1-2H3,(H,26,27)/p-1/t19-/m1/s1. The number of nitrogens with zero attached hydrogens (tertiary/aromatic N) is 2. The van der Waals surface area contributed by atoms with Crippen LogP contribution in [-0.2, 0) is 9.59 Å². The number of para-hydroxylation sites is 1. The average molecular weight is 395 g/mol. The second-order valence-corrected chi connectivity index (χ2v) is 6.70. The highest BCUT2D eigenvalue weighted by molar-refractivity contribution is 6.03. The molecule has 1 aliphatic heterocycles. The van der Waals surface area contributed by atoms with E-state index < -0.39 is 5.97 Å². The Hall–Kier alpha value is -3.35. The van der Waals surface area contributed by atoms with Crippen molar-refractivity contribution in [1.29, 1.82) is 0 Å². The van der Waals surface area contributed by atoms with Crippen LogP contribution < -0.4 is 14.6 Å². The van der Waals surface area contributed by atoms with Crippen molar-refractivity contribution in [3.63, 3.8) is 0 Å². The second kappa shape index (κ2) is 9.23. The van der Waals surface area contributed by atoms with E-state index in [1.807, 2.05) is 48.5 Å². The van der Waals surface area contributed by atoms with Crippen LogP contribution in [0.3, 0.4) is 0 Å². The Morgan fingerprint density at radius 3 is 2.45 bits per heavy atom. The summed E-state index contributed by atoms with van der Waals surface area (Å²) in [6.07, 6.45) is 0.662. The van der Waals surface area contributed by atoms with E-state index in [4.69, 9.17) is 9.47 Å². The molecule has 1 amide bonds. The van der Waals surface area contributed by atoms with E-state index in [0.717, 1.165) is 22.6 Å². The van der Waals surface area contributed by atoms with Gasteiger partial charge in [0, 0.05) is 24.4 Å². The molecule has 2 aromatic rings. The highest BCUT2D eigenvalue weighted by Crippen LogP contribution is 2.38. The Labute approximate surface area is 169 Å². The topological polar surface area (TPSA) is 91.3 Å². The van der Waals surface area contributed by atoms with Gasteiger partial charge in [0.2, 0.25) is 5.91 Å². The number of hydrogen-bond acceptors (Lipinski definition) is 6. The Bertz CT molecular complexity index is 908. The third kappa shape index (κ3) is 4.74. The van der Waals surface area contributed by atoms with Gasteiger partial charge < -0.3 is 19.4 Å². The van der Waals surface area contributed by atoms with Gasteiger partial charge in [0.15, 0.2) is 0 Å². The van der Waals surface area contributed by atoms with Gasteiger partial charge in [-0.1, -0.05) is 18.2 Å². The lowest BCUT2D eigenvalue weighted by Gasteiger charge is -2.23. The van der Waals surface area contributed by atoms with Crippen LogP contribution in [0.1, 0.15) is 42.9 Å². The number of benzene rings is 2. The SMILES string of the molecule is COc1ccc(C2=NN(C(=O)CCCC(=O)[O-])[C@@H](c3ccccc3OC)C2)cc1. The van der Waals surface area contributed by atoms with Gasteiger partial charge in [-0.25, -0.2) is 5.01 Å². The molecule has 3 rings (SSSR count). The summed E-state index contributed by atoms with van der Waals surface area (Å²) >= 11 is 0. The summed E-state index contributed by atoms with van der Waals surface area (Å²) in [7, 11) is 3.19. The van der Waals surface area contributed by atoms with Gasteiger partial charge in [-0.2, -0.15) is 5.10 Å². The molecule has 0 fully saturated rings. The van der Waals surface area contributed by atoms with Crippen molar-refractivity contribution in [1.82, 2.24) is 5.01 Å². The molecule has 29 heavy (non-hydrogen) atoms. The Kier molecular flexibility index (Phi) is 6.49. The lowest BCUT2D eigenvalue weighted by atomic mass is 9.97. The molecule has 0 radical (unpaired) electrons. The van der Waals surface area contributed by atoms with Gasteiger partial charge in [0.1, 0.15) is 11.5 Å². The van der Waals surface area contributed by atoms with E-state index in [1.165, 1.54) is 5.01 Å². The molecule has 0 unspecified atom stereocenters. The Balaban J connectivity index is 1.89. The van der Waals surface area contributed by atoms with Gasteiger partial charge in [-0.15, -0.1) is 0 Å². The number of methoxy groups -OCH3 is 2. The van der Waals surface area contributed by atoms with E-state index in [9.17, 15) is 14.7 Å². The molecule has 0 spiro atoms. The van der Waals surface area contributed by atoms with E-state index in [2.05, 4.69) is 5.10 Å². The van der Waals surface area contributed by atoms with Gasteiger partial charge in [0.25, 0.3) is 0 Å². The minimum Gasteiger partial charge on any atom is -0.550 e. The summed E-state index contributed by atoms with van der Waals surface area (Å²) in [5.74, 6) is 0.0219. The van der Waals surface area contributed by atoms with Crippen molar-refractivity contribution >= 4 is 17.6 Å². The molecule has 7 nitrogen and oxygen atoms in total. The molecule has 0 aromatic heterocycles.